The highest BCUT2D eigenvalue weighted by Gasteiger charge is 2.14. The number of ketones is 1. The number of carbonyl (C=O) groups is 1. The van der Waals surface area contributed by atoms with Crippen LogP contribution in [0.2, 0.25) is 0 Å². The Morgan fingerprint density at radius 2 is 1.75 bits per heavy atom. The van der Waals surface area contributed by atoms with Crippen LogP contribution in [0.15, 0.2) is 54.6 Å². The number of carbonyl (C=O) groups excluding carboxylic acids is 1. The number of rotatable bonds is 3. The highest BCUT2D eigenvalue weighted by atomic mass is 32.1. The zero-order valence-electron chi connectivity index (χ0n) is 10.3. The number of benzene rings is 2. The van der Waals surface area contributed by atoms with Gasteiger partial charge in [-0.3, -0.25) is 14.9 Å². The van der Waals surface area contributed by atoms with Crippen LogP contribution in [-0.4, -0.2) is 10.7 Å². The highest BCUT2D eigenvalue weighted by molar-refractivity contribution is 7.21. The van der Waals surface area contributed by atoms with Crippen molar-refractivity contribution in [2.75, 3.05) is 0 Å². The predicted molar refractivity (Wildman–Crippen MR) is 78.4 cm³/mol. The number of hydrogen-bond acceptors (Lipinski definition) is 4. The third-order valence-electron chi connectivity index (χ3n) is 2.99. The summed E-state index contributed by atoms with van der Waals surface area (Å²) in [5.74, 6) is -0.110. The molecule has 2 aromatic carbocycles. The van der Waals surface area contributed by atoms with E-state index >= 15 is 0 Å². The van der Waals surface area contributed by atoms with Gasteiger partial charge in [0.2, 0.25) is 5.78 Å². The number of fused-ring (bicyclic) bond motifs is 1. The number of thiophene rings is 1. The first-order valence-electron chi connectivity index (χ1n) is 5.93. The van der Waals surface area contributed by atoms with Gasteiger partial charge in [0.05, 0.1) is 9.80 Å². The molecule has 0 N–H and O–H groups in total. The molecule has 3 aromatic rings. The van der Waals surface area contributed by atoms with Crippen LogP contribution in [0.1, 0.15) is 15.2 Å². The summed E-state index contributed by atoms with van der Waals surface area (Å²) in [7, 11) is 0. The maximum Gasteiger partial charge on any atom is 0.269 e. The summed E-state index contributed by atoms with van der Waals surface area (Å²) in [6, 6.07) is 15.3. The van der Waals surface area contributed by atoms with Crippen molar-refractivity contribution in [3.05, 3.63) is 75.2 Å². The summed E-state index contributed by atoms with van der Waals surface area (Å²) in [6.45, 7) is 0. The van der Waals surface area contributed by atoms with Crippen LogP contribution in [0.4, 0.5) is 5.69 Å². The smallest absolute Gasteiger partial charge is 0.269 e. The van der Waals surface area contributed by atoms with Crippen molar-refractivity contribution in [3.63, 3.8) is 0 Å². The average Bonchev–Trinajstić information content (AvgIpc) is 2.90. The number of non-ortho nitro benzene ring substituents is 1. The summed E-state index contributed by atoms with van der Waals surface area (Å²) >= 11 is 1.43. The first kappa shape index (κ1) is 12.5. The van der Waals surface area contributed by atoms with E-state index in [1.54, 1.807) is 0 Å². The van der Waals surface area contributed by atoms with E-state index < -0.39 is 4.92 Å². The fourth-order valence-corrected chi connectivity index (χ4v) is 3.00. The van der Waals surface area contributed by atoms with Crippen molar-refractivity contribution >= 4 is 32.9 Å². The standard InChI is InChI=1S/C15H9NO3S/c17-15(10-5-7-12(8-6-10)16(18)19)14-9-11-3-1-2-4-13(11)20-14/h1-9H. The van der Waals surface area contributed by atoms with Crippen LogP contribution in [0.5, 0.6) is 0 Å². The molecule has 1 heterocycles. The fraction of sp³-hybridized carbons (Fsp3) is 0. The van der Waals surface area contributed by atoms with E-state index in [1.165, 1.54) is 35.6 Å². The van der Waals surface area contributed by atoms with E-state index in [4.69, 9.17) is 0 Å². The quantitative estimate of drug-likeness (QED) is 0.414. The molecule has 0 aliphatic rings. The average molecular weight is 283 g/mol. The van der Waals surface area contributed by atoms with Gasteiger partial charge in [-0.2, -0.15) is 0 Å². The monoisotopic (exact) mass is 283 g/mol. The van der Waals surface area contributed by atoms with Gasteiger partial charge in [0.1, 0.15) is 0 Å². The van der Waals surface area contributed by atoms with Crippen molar-refractivity contribution in [1.82, 2.24) is 0 Å². The van der Waals surface area contributed by atoms with E-state index in [1.807, 2.05) is 30.3 Å². The van der Waals surface area contributed by atoms with Crippen LogP contribution >= 0.6 is 11.3 Å². The maximum atomic E-state index is 12.3. The number of nitrogens with zero attached hydrogens (tertiary/aromatic N) is 1. The van der Waals surface area contributed by atoms with Crippen LogP contribution < -0.4 is 0 Å². The van der Waals surface area contributed by atoms with Crippen molar-refractivity contribution in [3.8, 4) is 0 Å². The van der Waals surface area contributed by atoms with Gasteiger partial charge in [-0.05, 0) is 29.7 Å². The van der Waals surface area contributed by atoms with E-state index in [-0.39, 0.29) is 11.5 Å². The molecule has 0 aliphatic heterocycles. The van der Waals surface area contributed by atoms with Gasteiger partial charge in [0.25, 0.3) is 5.69 Å². The molecule has 0 amide bonds. The Kier molecular flexibility index (Phi) is 3.04. The Morgan fingerprint density at radius 3 is 2.40 bits per heavy atom. The fourth-order valence-electron chi connectivity index (χ4n) is 1.97. The molecule has 0 radical (unpaired) electrons. The lowest BCUT2D eigenvalue weighted by molar-refractivity contribution is -0.384. The Morgan fingerprint density at radius 1 is 1.05 bits per heavy atom. The molecule has 0 fully saturated rings. The molecule has 0 bridgehead atoms. The van der Waals surface area contributed by atoms with Gasteiger partial charge in [0.15, 0.2) is 0 Å². The molecular weight excluding hydrogens is 274 g/mol. The minimum atomic E-state index is -0.478. The molecule has 0 saturated carbocycles. The molecule has 1 aromatic heterocycles. The third-order valence-corrected chi connectivity index (χ3v) is 4.10. The summed E-state index contributed by atoms with van der Waals surface area (Å²) in [6.07, 6.45) is 0. The van der Waals surface area contributed by atoms with Gasteiger partial charge >= 0.3 is 0 Å². The lowest BCUT2D eigenvalue weighted by Crippen LogP contribution is -1.98. The minimum Gasteiger partial charge on any atom is -0.288 e. The van der Waals surface area contributed by atoms with Gasteiger partial charge in [-0.25, -0.2) is 0 Å². The van der Waals surface area contributed by atoms with Crippen LogP contribution in [0.25, 0.3) is 10.1 Å². The third kappa shape index (κ3) is 2.19. The molecular formula is C15H9NO3S. The topological polar surface area (TPSA) is 60.2 Å². The first-order chi connectivity index (χ1) is 9.65. The Bertz CT molecular complexity index is 772. The Labute approximate surface area is 118 Å². The van der Waals surface area contributed by atoms with Crippen LogP contribution in [0, 0.1) is 10.1 Å². The molecule has 3 rings (SSSR count). The SMILES string of the molecule is O=C(c1ccc([N+](=O)[O-])cc1)c1cc2ccccc2s1. The minimum absolute atomic E-state index is 0.0158. The summed E-state index contributed by atoms with van der Waals surface area (Å²) in [5, 5.41) is 11.6. The van der Waals surface area contributed by atoms with E-state index in [0.717, 1.165) is 10.1 Å². The normalized spacial score (nSPS) is 10.6. The van der Waals surface area contributed by atoms with Gasteiger partial charge in [-0.1, -0.05) is 18.2 Å². The second-order valence-corrected chi connectivity index (χ2v) is 5.37. The molecule has 0 aliphatic carbocycles. The predicted octanol–water partition coefficient (Wildman–Crippen LogP) is 4.04. The summed E-state index contributed by atoms with van der Waals surface area (Å²) < 4.78 is 1.05. The van der Waals surface area contributed by atoms with Gasteiger partial charge < -0.3 is 0 Å². The van der Waals surface area contributed by atoms with Gasteiger partial charge in [0, 0.05) is 22.4 Å². The maximum absolute atomic E-state index is 12.3. The molecule has 98 valence electrons. The Balaban J connectivity index is 1.97. The van der Waals surface area contributed by atoms with E-state index in [0.29, 0.717) is 10.4 Å². The highest BCUT2D eigenvalue weighted by Crippen LogP contribution is 2.27. The molecule has 0 saturated heterocycles. The molecule has 0 unspecified atom stereocenters. The van der Waals surface area contributed by atoms with E-state index in [2.05, 4.69) is 0 Å². The zero-order chi connectivity index (χ0) is 14.1. The molecule has 0 atom stereocenters. The van der Waals surface area contributed by atoms with Crippen molar-refractivity contribution in [1.29, 1.82) is 0 Å². The van der Waals surface area contributed by atoms with Crippen molar-refractivity contribution in [2.45, 2.75) is 0 Å². The summed E-state index contributed by atoms with van der Waals surface area (Å²) in [4.78, 5) is 23.1. The second-order valence-electron chi connectivity index (χ2n) is 4.28. The molecule has 0 spiro atoms. The number of hydrogen-bond donors (Lipinski definition) is 0. The number of nitro benzene ring substituents is 1. The van der Waals surface area contributed by atoms with Crippen LogP contribution in [0.3, 0.4) is 0 Å². The summed E-state index contributed by atoms with van der Waals surface area (Å²) in [5.41, 5.74) is 0.444. The second kappa shape index (κ2) is 4.86. The Hall–Kier alpha value is -2.53. The van der Waals surface area contributed by atoms with E-state index in [9.17, 15) is 14.9 Å². The molecule has 5 heteroatoms. The first-order valence-corrected chi connectivity index (χ1v) is 6.74. The number of nitro groups is 1. The van der Waals surface area contributed by atoms with Crippen molar-refractivity contribution < 1.29 is 9.72 Å². The lowest BCUT2D eigenvalue weighted by Gasteiger charge is -1.97. The van der Waals surface area contributed by atoms with Crippen LogP contribution in [-0.2, 0) is 0 Å². The molecule has 4 nitrogen and oxygen atoms in total. The largest absolute Gasteiger partial charge is 0.288 e. The van der Waals surface area contributed by atoms with Crippen molar-refractivity contribution in [2.24, 2.45) is 0 Å². The lowest BCUT2D eigenvalue weighted by atomic mass is 10.1. The van der Waals surface area contributed by atoms with Gasteiger partial charge in [-0.15, -0.1) is 11.3 Å². The zero-order valence-corrected chi connectivity index (χ0v) is 11.1. The molecule has 20 heavy (non-hydrogen) atoms.